The monoisotopic (exact) mass is 235 g/mol. The molecule has 2 aromatic heterocycles. The minimum absolute atomic E-state index is 0.0208. The van der Waals surface area contributed by atoms with Crippen molar-refractivity contribution in [3.8, 4) is 17.3 Å². The Morgan fingerprint density at radius 1 is 1.47 bits per heavy atom. The summed E-state index contributed by atoms with van der Waals surface area (Å²) in [7, 11) is 0. The lowest BCUT2D eigenvalue weighted by Gasteiger charge is -1.96. The maximum Gasteiger partial charge on any atom is 0.280 e. The third-order valence-electron chi connectivity index (χ3n) is 2.13. The van der Waals surface area contributed by atoms with Crippen LogP contribution in [0.1, 0.15) is 12.7 Å². The van der Waals surface area contributed by atoms with Crippen molar-refractivity contribution in [1.29, 1.82) is 0 Å². The Morgan fingerprint density at radius 2 is 2.35 bits per heavy atom. The number of rotatable bonds is 5. The Kier molecular flexibility index (Phi) is 3.66. The first-order valence-electron chi connectivity index (χ1n) is 5.36. The summed E-state index contributed by atoms with van der Waals surface area (Å²) in [5, 5.41) is 13.4. The number of hydrogen-bond acceptors (Lipinski definition) is 6. The summed E-state index contributed by atoms with van der Waals surface area (Å²) in [4.78, 5) is 8.11. The fourth-order valence-electron chi connectivity index (χ4n) is 1.32. The predicted molar refractivity (Wildman–Crippen MR) is 59.4 cm³/mol. The highest BCUT2D eigenvalue weighted by Crippen LogP contribution is 2.24. The van der Waals surface area contributed by atoms with Gasteiger partial charge >= 0.3 is 0 Å². The Labute approximate surface area is 98.3 Å². The van der Waals surface area contributed by atoms with Gasteiger partial charge in [0.25, 0.3) is 5.89 Å². The Hall–Kier alpha value is -1.95. The predicted octanol–water partition coefficient (Wildman–Crippen LogP) is 1.42. The van der Waals surface area contributed by atoms with Gasteiger partial charge < -0.3 is 14.4 Å². The van der Waals surface area contributed by atoms with E-state index < -0.39 is 0 Å². The number of nitrogens with zero attached hydrogens (tertiary/aromatic N) is 3. The highest BCUT2D eigenvalue weighted by molar-refractivity contribution is 5.55. The van der Waals surface area contributed by atoms with Gasteiger partial charge in [-0.25, -0.2) is 4.98 Å². The molecule has 2 rings (SSSR count). The van der Waals surface area contributed by atoms with Gasteiger partial charge in [0.05, 0.1) is 6.61 Å². The van der Waals surface area contributed by atoms with Crippen LogP contribution in [-0.4, -0.2) is 33.4 Å². The SMILES string of the molecule is CCOCCc1noc(-c2ncccc2O)n1. The quantitative estimate of drug-likeness (QED) is 0.789. The van der Waals surface area contributed by atoms with E-state index in [4.69, 9.17) is 9.26 Å². The molecule has 0 aliphatic heterocycles. The summed E-state index contributed by atoms with van der Waals surface area (Å²) < 4.78 is 10.2. The molecule has 90 valence electrons. The molecule has 1 N–H and O–H groups in total. The molecule has 0 fully saturated rings. The average molecular weight is 235 g/mol. The first-order valence-corrected chi connectivity index (χ1v) is 5.36. The van der Waals surface area contributed by atoms with Crippen molar-refractivity contribution in [3.05, 3.63) is 24.2 Å². The first-order chi connectivity index (χ1) is 8.31. The standard InChI is InChI=1S/C11H13N3O3/c1-2-16-7-5-9-13-11(17-14-9)10-8(15)4-3-6-12-10/h3-4,6,15H,2,5,7H2,1H3. The van der Waals surface area contributed by atoms with Crippen molar-refractivity contribution >= 4 is 0 Å². The third kappa shape index (κ3) is 2.79. The molecule has 0 spiro atoms. The van der Waals surface area contributed by atoms with Gasteiger partial charge in [0.15, 0.2) is 11.5 Å². The van der Waals surface area contributed by atoms with Gasteiger partial charge in [-0.1, -0.05) is 5.16 Å². The van der Waals surface area contributed by atoms with Crippen LogP contribution in [0.4, 0.5) is 0 Å². The van der Waals surface area contributed by atoms with Crippen molar-refractivity contribution in [2.75, 3.05) is 13.2 Å². The molecule has 2 heterocycles. The largest absolute Gasteiger partial charge is 0.505 e. The van der Waals surface area contributed by atoms with Crippen molar-refractivity contribution in [2.45, 2.75) is 13.3 Å². The number of aromatic hydroxyl groups is 1. The molecule has 6 nitrogen and oxygen atoms in total. The fraction of sp³-hybridized carbons (Fsp3) is 0.364. The molecule has 17 heavy (non-hydrogen) atoms. The summed E-state index contributed by atoms with van der Waals surface area (Å²) in [5.41, 5.74) is 0.294. The second kappa shape index (κ2) is 5.40. The lowest BCUT2D eigenvalue weighted by molar-refractivity contribution is 0.149. The molecule has 0 aromatic carbocycles. The van der Waals surface area contributed by atoms with Crippen LogP contribution in [0.2, 0.25) is 0 Å². The van der Waals surface area contributed by atoms with E-state index in [1.54, 1.807) is 12.3 Å². The minimum atomic E-state index is 0.0208. The van der Waals surface area contributed by atoms with Gasteiger partial charge in [-0.15, -0.1) is 0 Å². The van der Waals surface area contributed by atoms with Gasteiger partial charge in [0.2, 0.25) is 0 Å². The lowest BCUT2D eigenvalue weighted by atomic mass is 10.3. The van der Waals surface area contributed by atoms with Gasteiger partial charge in [0, 0.05) is 19.2 Å². The molecule has 0 atom stereocenters. The van der Waals surface area contributed by atoms with E-state index in [0.717, 1.165) is 0 Å². The van der Waals surface area contributed by atoms with E-state index in [2.05, 4.69) is 15.1 Å². The van der Waals surface area contributed by atoms with E-state index in [0.29, 0.717) is 31.2 Å². The number of ether oxygens (including phenoxy) is 1. The van der Waals surface area contributed by atoms with Crippen LogP contribution in [0.5, 0.6) is 5.75 Å². The molecule has 0 aliphatic rings. The molecule has 6 heteroatoms. The van der Waals surface area contributed by atoms with Crippen LogP contribution in [0.25, 0.3) is 11.6 Å². The molecule has 0 radical (unpaired) electrons. The molecule has 0 aliphatic carbocycles. The Balaban J connectivity index is 2.10. The topological polar surface area (TPSA) is 81.3 Å². The lowest BCUT2D eigenvalue weighted by Crippen LogP contribution is -1.99. The fourth-order valence-corrected chi connectivity index (χ4v) is 1.32. The van der Waals surface area contributed by atoms with Crippen LogP contribution in [0.3, 0.4) is 0 Å². The van der Waals surface area contributed by atoms with E-state index in [-0.39, 0.29) is 11.6 Å². The molecule has 0 saturated carbocycles. The van der Waals surface area contributed by atoms with E-state index in [1.165, 1.54) is 6.07 Å². The maximum atomic E-state index is 9.57. The zero-order chi connectivity index (χ0) is 12.1. The maximum absolute atomic E-state index is 9.57. The van der Waals surface area contributed by atoms with Crippen molar-refractivity contribution < 1.29 is 14.4 Å². The normalized spacial score (nSPS) is 10.6. The average Bonchev–Trinajstić information content (AvgIpc) is 2.79. The summed E-state index contributed by atoms with van der Waals surface area (Å²) in [6.07, 6.45) is 2.13. The summed E-state index contributed by atoms with van der Waals surface area (Å²) in [6, 6.07) is 3.15. The number of hydrogen-bond donors (Lipinski definition) is 1. The van der Waals surface area contributed by atoms with Gasteiger partial charge in [-0.2, -0.15) is 4.98 Å². The van der Waals surface area contributed by atoms with E-state index in [1.807, 2.05) is 6.92 Å². The molecular formula is C11H13N3O3. The van der Waals surface area contributed by atoms with Gasteiger partial charge in [-0.3, -0.25) is 0 Å². The first kappa shape index (κ1) is 11.5. The summed E-state index contributed by atoms with van der Waals surface area (Å²) in [6.45, 7) is 3.13. The molecule has 2 aromatic rings. The highest BCUT2D eigenvalue weighted by atomic mass is 16.5. The number of aromatic nitrogens is 3. The second-order valence-electron chi connectivity index (χ2n) is 3.33. The smallest absolute Gasteiger partial charge is 0.280 e. The van der Waals surface area contributed by atoms with Crippen LogP contribution in [0, 0.1) is 0 Å². The molecule has 0 unspecified atom stereocenters. The van der Waals surface area contributed by atoms with Gasteiger partial charge in [-0.05, 0) is 19.1 Å². The van der Waals surface area contributed by atoms with Crippen LogP contribution >= 0.6 is 0 Å². The van der Waals surface area contributed by atoms with E-state index >= 15 is 0 Å². The summed E-state index contributed by atoms with van der Waals surface area (Å²) >= 11 is 0. The van der Waals surface area contributed by atoms with Crippen LogP contribution in [-0.2, 0) is 11.2 Å². The molecule has 0 amide bonds. The van der Waals surface area contributed by atoms with Crippen molar-refractivity contribution in [1.82, 2.24) is 15.1 Å². The zero-order valence-electron chi connectivity index (χ0n) is 9.46. The minimum Gasteiger partial charge on any atom is -0.505 e. The van der Waals surface area contributed by atoms with Crippen LogP contribution < -0.4 is 0 Å². The summed E-state index contributed by atoms with van der Waals surface area (Å²) in [5.74, 6) is 0.778. The Bertz CT molecular complexity index is 484. The third-order valence-corrected chi connectivity index (χ3v) is 2.13. The molecule has 0 saturated heterocycles. The second-order valence-corrected chi connectivity index (χ2v) is 3.33. The zero-order valence-corrected chi connectivity index (χ0v) is 9.46. The molecular weight excluding hydrogens is 222 g/mol. The Morgan fingerprint density at radius 3 is 3.12 bits per heavy atom. The number of pyridine rings is 1. The van der Waals surface area contributed by atoms with Crippen molar-refractivity contribution in [2.24, 2.45) is 0 Å². The van der Waals surface area contributed by atoms with Crippen LogP contribution in [0.15, 0.2) is 22.9 Å². The van der Waals surface area contributed by atoms with E-state index in [9.17, 15) is 5.11 Å². The highest BCUT2D eigenvalue weighted by Gasteiger charge is 2.13. The van der Waals surface area contributed by atoms with Crippen molar-refractivity contribution in [3.63, 3.8) is 0 Å². The molecule has 0 bridgehead atoms. The van der Waals surface area contributed by atoms with Gasteiger partial charge in [0.1, 0.15) is 5.75 Å².